The van der Waals surface area contributed by atoms with Crippen LogP contribution in [0.15, 0.2) is 24.3 Å². The highest BCUT2D eigenvalue weighted by atomic mass is 16.1. The first-order chi connectivity index (χ1) is 9.56. The molecule has 0 bridgehead atoms. The summed E-state index contributed by atoms with van der Waals surface area (Å²) in [5.41, 5.74) is 2.02. The maximum Gasteiger partial charge on any atom is 0.164 e. The van der Waals surface area contributed by atoms with Crippen molar-refractivity contribution in [3.63, 3.8) is 0 Å². The van der Waals surface area contributed by atoms with Gasteiger partial charge in [0.1, 0.15) is 0 Å². The molecule has 0 aromatic heterocycles. The number of hydrogen-bond acceptors (Lipinski definition) is 2. The lowest BCUT2D eigenvalue weighted by atomic mass is 9.86. The molecule has 1 saturated heterocycles. The van der Waals surface area contributed by atoms with Gasteiger partial charge in [-0.2, -0.15) is 0 Å². The van der Waals surface area contributed by atoms with Crippen molar-refractivity contribution in [1.82, 2.24) is 4.90 Å². The molecule has 0 amide bonds. The Morgan fingerprint density at radius 3 is 2.60 bits per heavy atom. The number of rotatable bonds is 5. The minimum Gasteiger partial charge on any atom is -0.303 e. The summed E-state index contributed by atoms with van der Waals surface area (Å²) in [5, 5.41) is 0. The highest BCUT2D eigenvalue weighted by Gasteiger charge is 2.21. The summed E-state index contributed by atoms with van der Waals surface area (Å²) in [6.07, 6.45) is 3.22. The number of carbonyl (C=O) groups is 1. The van der Waals surface area contributed by atoms with Gasteiger partial charge < -0.3 is 4.90 Å². The molecule has 0 saturated carbocycles. The van der Waals surface area contributed by atoms with Crippen molar-refractivity contribution in [3.8, 4) is 0 Å². The van der Waals surface area contributed by atoms with Gasteiger partial charge in [0.05, 0.1) is 0 Å². The standard InChI is InChI=1S/C18H27NO/c1-14(2)16-7-10-19(11-8-16)12-9-18(20)17-6-4-5-15(3)13-17/h4-6,13-14,16H,7-12H2,1-3H3. The smallest absolute Gasteiger partial charge is 0.164 e. The zero-order chi connectivity index (χ0) is 14.5. The van der Waals surface area contributed by atoms with E-state index in [-0.39, 0.29) is 5.78 Å². The number of hydrogen-bond donors (Lipinski definition) is 0. The number of nitrogens with zero attached hydrogens (tertiary/aromatic N) is 1. The van der Waals surface area contributed by atoms with E-state index in [1.807, 2.05) is 31.2 Å². The van der Waals surface area contributed by atoms with Gasteiger partial charge in [-0.15, -0.1) is 0 Å². The second kappa shape index (κ2) is 7.03. The van der Waals surface area contributed by atoms with E-state index in [0.29, 0.717) is 6.42 Å². The first kappa shape index (κ1) is 15.2. The second-order valence-electron chi connectivity index (χ2n) is 6.47. The number of Topliss-reactive ketones (excluding diaryl/α,β-unsaturated/α-hetero) is 1. The highest BCUT2D eigenvalue weighted by Crippen LogP contribution is 2.24. The van der Waals surface area contributed by atoms with Crippen LogP contribution in [-0.4, -0.2) is 30.3 Å². The minimum absolute atomic E-state index is 0.277. The molecular weight excluding hydrogens is 246 g/mol. The molecule has 110 valence electrons. The molecule has 0 radical (unpaired) electrons. The van der Waals surface area contributed by atoms with Crippen LogP contribution in [0.3, 0.4) is 0 Å². The highest BCUT2D eigenvalue weighted by molar-refractivity contribution is 5.96. The van der Waals surface area contributed by atoms with Crippen molar-refractivity contribution < 1.29 is 4.79 Å². The van der Waals surface area contributed by atoms with Gasteiger partial charge in [0.25, 0.3) is 0 Å². The van der Waals surface area contributed by atoms with Crippen LogP contribution in [0.2, 0.25) is 0 Å². The van der Waals surface area contributed by atoms with Gasteiger partial charge in [-0.25, -0.2) is 0 Å². The Bertz CT molecular complexity index is 444. The molecule has 0 N–H and O–H groups in total. The number of ketones is 1. The van der Waals surface area contributed by atoms with Gasteiger partial charge in [0.15, 0.2) is 5.78 Å². The fourth-order valence-electron chi connectivity index (χ4n) is 3.07. The van der Waals surface area contributed by atoms with Crippen molar-refractivity contribution in [3.05, 3.63) is 35.4 Å². The summed E-state index contributed by atoms with van der Waals surface area (Å²) in [6, 6.07) is 7.93. The molecule has 20 heavy (non-hydrogen) atoms. The van der Waals surface area contributed by atoms with Crippen molar-refractivity contribution in [1.29, 1.82) is 0 Å². The predicted molar refractivity (Wildman–Crippen MR) is 84.1 cm³/mol. The van der Waals surface area contributed by atoms with E-state index in [0.717, 1.165) is 42.6 Å². The quantitative estimate of drug-likeness (QED) is 0.757. The Morgan fingerprint density at radius 2 is 2.00 bits per heavy atom. The molecular formula is C18H27NO. The average Bonchev–Trinajstić information content (AvgIpc) is 2.45. The van der Waals surface area contributed by atoms with Crippen LogP contribution in [0.1, 0.15) is 49.0 Å². The summed E-state index contributed by atoms with van der Waals surface area (Å²) in [5.74, 6) is 1.95. The normalized spacial score (nSPS) is 17.6. The Hall–Kier alpha value is -1.15. The second-order valence-corrected chi connectivity index (χ2v) is 6.47. The van der Waals surface area contributed by atoms with Gasteiger partial charge in [-0.05, 0) is 50.8 Å². The monoisotopic (exact) mass is 273 g/mol. The molecule has 2 heteroatoms. The van der Waals surface area contributed by atoms with Crippen LogP contribution < -0.4 is 0 Å². The summed E-state index contributed by atoms with van der Waals surface area (Å²) in [6.45, 7) is 9.90. The molecule has 1 aliphatic heterocycles. The van der Waals surface area contributed by atoms with Gasteiger partial charge in [0.2, 0.25) is 0 Å². The molecule has 1 aliphatic rings. The maximum absolute atomic E-state index is 12.2. The molecule has 2 rings (SSSR count). The van der Waals surface area contributed by atoms with E-state index in [2.05, 4.69) is 18.7 Å². The fourth-order valence-corrected chi connectivity index (χ4v) is 3.07. The molecule has 0 atom stereocenters. The lowest BCUT2D eigenvalue weighted by Crippen LogP contribution is -2.36. The summed E-state index contributed by atoms with van der Waals surface area (Å²) < 4.78 is 0. The molecule has 1 aromatic rings. The Balaban J connectivity index is 1.77. The van der Waals surface area contributed by atoms with Crippen LogP contribution in [0.25, 0.3) is 0 Å². The predicted octanol–water partition coefficient (Wildman–Crippen LogP) is 3.94. The third kappa shape index (κ3) is 4.17. The molecule has 1 fully saturated rings. The van der Waals surface area contributed by atoms with Gasteiger partial charge >= 0.3 is 0 Å². The molecule has 0 aliphatic carbocycles. The molecule has 0 unspecified atom stereocenters. The van der Waals surface area contributed by atoms with E-state index >= 15 is 0 Å². The third-order valence-corrected chi connectivity index (χ3v) is 4.57. The maximum atomic E-state index is 12.2. The average molecular weight is 273 g/mol. The van der Waals surface area contributed by atoms with E-state index in [1.165, 1.54) is 12.8 Å². The summed E-state index contributed by atoms with van der Waals surface area (Å²) in [4.78, 5) is 14.6. The number of likely N-dealkylation sites (tertiary alicyclic amines) is 1. The zero-order valence-corrected chi connectivity index (χ0v) is 13.1. The Morgan fingerprint density at radius 1 is 1.30 bits per heavy atom. The van der Waals surface area contributed by atoms with Crippen LogP contribution in [0, 0.1) is 18.8 Å². The molecule has 1 heterocycles. The van der Waals surface area contributed by atoms with Gasteiger partial charge in [0, 0.05) is 18.5 Å². The number of aryl methyl sites for hydroxylation is 1. The van der Waals surface area contributed by atoms with Crippen LogP contribution >= 0.6 is 0 Å². The van der Waals surface area contributed by atoms with Crippen LogP contribution in [0.5, 0.6) is 0 Å². The first-order valence-corrected chi connectivity index (χ1v) is 7.88. The number of benzene rings is 1. The van der Waals surface area contributed by atoms with Gasteiger partial charge in [-0.3, -0.25) is 4.79 Å². The number of carbonyl (C=O) groups excluding carboxylic acids is 1. The summed E-state index contributed by atoms with van der Waals surface area (Å²) in [7, 11) is 0. The van der Waals surface area contributed by atoms with Crippen molar-refractivity contribution in [2.24, 2.45) is 11.8 Å². The van der Waals surface area contributed by atoms with Crippen LogP contribution in [0.4, 0.5) is 0 Å². The minimum atomic E-state index is 0.277. The lowest BCUT2D eigenvalue weighted by molar-refractivity contribution is 0.0943. The largest absolute Gasteiger partial charge is 0.303 e. The molecule has 2 nitrogen and oxygen atoms in total. The third-order valence-electron chi connectivity index (χ3n) is 4.57. The molecule has 0 spiro atoms. The van der Waals surface area contributed by atoms with Crippen LogP contribution in [-0.2, 0) is 0 Å². The zero-order valence-electron chi connectivity index (χ0n) is 13.1. The fraction of sp³-hybridized carbons (Fsp3) is 0.611. The van der Waals surface area contributed by atoms with E-state index in [9.17, 15) is 4.79 Å². The topological polar surface area (TPSA) is 20.3 Å². The SMILES string of the molecule is Cc1cccc(C(=O)CCN2CCC(C(C)C)CC2)c1. The van der Waals surface area contributed by atoms with E-state index in [4.69, 9.17) is 0 Å². The Kier molecular flexibility index (Phi) is 5.36. The number of piperidine rings is 1. The van der Waals surface area contributed by atoms with E-state index in [1.54, 1.807) is 0 Å². The lowest BCUT2D eigenvalue weighted by Gasteiger charge is -2.33. The Labute approximate surface area is 123 Å². The van der Waals surface area contributed by atoms with Crippen molar-refractivity contribution in [2.45, 2.75) is 40.0 Å². The van der Waals surface area contributed by atoms with Crippen molar-refractivity contribution >= 4 is 5.78 Å². The van der Waals surface area contributed by atoms with Crippen molar-refractivity contribution in [2.75, 3.05) is 19.6 Å². The van der Waals surface area contributed by atoms with Gasteiger partial charge in [-0.1, -0.05) is 37.6 Å². The van der Waals surface area contributed by atoms with E-state index < -0.39 is 0 Å². The first-order valence-electron chi connectivity index (χ1n) is 7.88. The molecule has 1 aromatic carbocycles. The summed E-state index contributed by atoms with van der Waals surface area (Å²) >= 11 is 0.